The summed E-state index contributed by atoms with van der Waals surface area (Å²) >= 11 is 7.52. The first-order valence-electron chi connectivity index (χ1n) is 12.6. The van der Waals surface area contributed by atoms with Crippen LogP contribution in [0.3, 0.4) is 0 Å². The summed E-state index contributed by atoms with van der Waals surface area (Å²) in [6.45, 7) is 5.05. The molecule has 1 aromatic heterocycles. The lowest BCUT2D eigenvalue weighted by Gasteiger charge is -2.20. The molecule has 43 heavy (non-hydrogen) atoms. The zero-order chi connectivity index (χ0) is 31.7. The van der Waals surface area contributed by atoms with Gasteiger partial charge < -0.3 is 15.2 Å². The number of carbonyl (C=O) groups excluding carboxylic acids is 3. The van der Waals surface area contributed by atoms with Crippen LogP contribution in [0.4, 0.5) is 23.2 Å². The van der Waals surface area contributed by atoms with Gasteiger partial charge in [-0.15, -0.1) is 11.3 Å². The van der Waals surface area contributed by atoms with E-state index in [2.05, 4.69) is 5.32 Å². The van der Waals surface area contributed by atoms with E-state index in [0.29, 0.717) is 10.4 Å². The highest BCUT2D eigenvalue weighted by atomic mass is 32.2. The summed E-state index contributed by atoms with van der Waals surface area (Å²) in [5.74, 6) is -3.35. The van der Waals surface area contributed by atoms with E-state index >= 15 is 0 Å². The zero-order valence-corrected chi connectivity index (χ0v) is 25.3. The quantitative estimate of drug-likeness (QED) is 0.118. The van der Waals surface area contributed by atoms with Gasteiger partial charge in [-0.05, 0) is 73.7 Å². The molecule has 2 heterocycles. The van der Waals surface area contributed by atoms with Crippen LogP contribution in [0.15, 0.2) is 52.7 Å². The summed E-state index contributed by atoms with van der Waals surface area (Å²) in [6, 6.07) is 8.31. The number of ether oxygens (including phenoxy) is 1. The number of phenols is 1. The Balaban J connectivity index is 1.37. The van der Waals surface area contributed by atoms with Gasteiger partial charge in [-0.2, -0.15) is 13.2 Å². The van der Waals surface area contributed by atoms with Gasteiger partial charge in [0.2, 0.25) is 5.91 Å². The lowest BCUT2D eigenvalue weighted by molar-refractivity contribution is -0.140. The molecule has 1 aliphatic rings. The molecule has 4 rings (SSSR count). The lowest BCUT2D eigenvalue weighted by Crippen LogP contribution is -2.31. The van der Waals surface area contributed by atoms with Gasteiger partial charge >= 0.3 is 12.1 Å². The number of anilines is 1. The minimum Gasteiger partial charge on any atom is -0.507 e. The van der Waals surface area contributed by atoms with E-state index in [1.807, 2.05) is 0 Å². The molecule has 1 fully saturated rings. The summed E-state index contributed by atoms with van der Waals surface area (Å²) in [7, 11) is 0. The second-order valence-corrected chi connectivity index (χ2v) is 12.9. The number of carbonyl (C=O) groups is 3. The summed E-state index contributed by atoms with van der Waals surface area (Å²) in [5.41, 5.74) is -1.33. The number of rotatable bonds is 7. The Bertz CT molecular complexity index is 1640. The van der Waals surface area contributed by atoms with Crippen LogP contribution in [0.25, 0.3) is 17.2 Å². The number of amides is 2. The topological polar surface area (TPSA) is 95.9 Å². The first-order valence-corrected chi connectivity index (χ1v) is 14.7. The Morgan fingerprint density at radius 3 is 2.47 bits per heavy atom. The fourth-order valence-corrected chi connectivity index (χ4v) is 6.10. The maximum atomic E-state index is 13.7. The Labute approximate surface area is 257 Å². The summed E-state index contributed by atoms with van der Waals surface area (Å²) in [4.78, 5) is 39.8. The van der Waals surface area contributed by atoms with Crippen molar-refractivity contribution < 1.29 is 41.8 Å². The molecule has 0 radical (unpaired) electrons. The lowest BCUT2D eigenvalue weighted by atomic mass is 10.0. The van der Waals surface area contributed by atoms with Crippen LogP contribution in [0, 0.1) is 5.82 Å². The highest BCUT2D eigenvalue weighted by molar-refractivity contribution is 8.26. The molecule has 3 aromatic rings. The molecule has 0 atom stereocenters. The zero-order valence-electron chi connectivity index (χ0n) is 22.9. The number of hydrogen-bond acceptors (Lipinski definition) is 8. The fraction of sp³-hybridized carbons (Fsp3) is 0.241. The van der Waals surface area contributed by atoms with Crippen LogP contribution in [-0.2, 0) is 20.5 Å². The molecule has 2 aromatic carbocycles. The number of halogens is 4. The van der Waals surface area contributed by atoms with Crippen molar-refractivity contribution >= 4 is 69.2 Å². The number of thiophene rings is 1. The van der Waals surface area contributed by atoms with Crippen LogP contribution < -0.4 is 5.32 Å². The number of esters is 1. The maximum absolute atomic E-state index is 13.7. The number of benzene rings is 2. The van der Waals surface area contributed by atoms with Gasteiger partial charge in [0, 0.05) is 29.6 Å². The summed E-state index contributed by atoms with van der Waals surface area (Å²) in [5, 5.41) is 14.4. The van der Waals surface area contributed by atoms with E-state index in [0.717, 1.165) is 23.9 Å². The van der Waals surface area contributed by atoms with Crippen LogP contribution in [0.5, 0.6) is 5.75 Å². The number of phenolic OH excluding ortho intramolecular Hbond substituents is 1. The number of thioether (sulfide) groups is 1. The molecule has 226 valence electrons. The van der Waals surface area contributed by atoms with E-state index in [1.54, 1.807) is 38.3 Å². The van der Waals surface area contributed by atoms with Crippen molar-refractivity contribution in [3.8, 4) is 16.9 Å². The normalized spacial score (nSPS) is 14.9. The van der Waals surface area contributed by atoms with Crippen LogP contribution in [0.2, 0.25) is 0 Å². The predicted octanol–water partition coefficient (Wildman–Crippen LogP) is 7.46. The summed E-state index contributed by atoms with van der Waals surface area (Å²) < 4.78 is 58.4. The van der Waals surface area contributed by atoms with Gasteiger partial charge in [-0.25, -0.2) is 9.18 Å². The molecule has 14 heteroatoms. The molecule has 0 spiro atoms. The molecular formula is C29H24F4N2O5S3. The van der Waals surface area contributed by atoms with Crippen molar-refractivity contribution in [2.45, 2.75) is 39.0 Å². The average Bonchev–Trinajstić information content (AvgIpc) is 3.45. The van der Waals surface area contributed by atoms with Crippen molar-refractivity contribution in [3.05, 3.63) is 74.6 Å². The average molecular weight is 653 g/mol. The molecule has 0 aliphatic carbocycles. The Hall–Kier alpha value is -3.75. The van der Waals surface area contributed by atoms with E-state index in [-0.39, 0.29) is 44.8 Å². The third-order valence-electron chi connectivity index (χ3n) is 5.83. The Kier molecular flexibility index (Phi) is 9.33. The first-order chi connectivity index (χ1) is 20.0. The number of nitrogens with zero attached hydrogens (tertiary/aromatic N) is 1. The number of thiocarbonyl (C=S) groups is 1. The fourth-order valence-electron chi connectivity index (χ4n) is 3.88. The third-order valence-corrected chi connectivity index (χ3v) is 8.09. The van der Waals surface area contributed by atoms with Crippen molar-refractivity contribution in [2.75, 3.05) is 11.9 Å². The Morgan fingerprint density at radius 1 is 1.09 bits per heavy atom. The molecule has 2 N–H and O–H groups in total. The second kappa shape index (κ2) is 12.5. The first kappa shape index (κ1) is 32.2. The van der Waals surface area contributed by atoms with Gasteiger partial charge in [0.25, 0.3) is 5.91 Å². The van der Waals surface area contributed by atoms with E-state index < -0.39 is 40.9 Å². The van der Waals surface area contributed by atoms with Crippen molar-refractivity contribution in [1.29, 1.82) is 0 Å². The van der Waals surface area contributed by atoms with Crippen molar-refractivity contribution in [1.82, 2.24) is 4.90 Å². The number of nitrogens with one attached hydrogen (secondary N) is 1. The predicted molar refractivity (Wildman–Crippen MR) is 161 cm³/mol. The Morgan fingerprint density at radius 2 is 1.81 bits per heavy atom. The molecule has 7 nitrogen and oxygen atoms in total. The molecule has 1 aliphatic heterocycles. The van der Waals surface area contributed by atoms with Gasteiger partial charge in [0.1, 0.15) is 27.1 Å². The van der Waals surface area contributed by atoms with Gasteiger partial charge in [-0.1, -0.05) is 30.0 Å². The summed E-state index contributed by atoms with van der Waals surface area (Å²) in [6.07, 6.45) is -3.40. The van der Waals surface area contributed by atoms with Crippen LogP contribution >= 0.6 is 35.3 Å². The minimum absolute atomic E-state index is 0.0265. The standard InChI is InChI=1S/C29H24F4N2O5S3/c1-28(2,3)40-26(39)19-6-5-17(12-22(19)36)34-24(37)8-9-35-25(38)23(43-27(35)41)13-18-10-16(14-42-18)15-4-7-21(30)20(11-15)29(31,32)33/h4-7,10-14,36H,8-9H2,1-3H3,(H,34,37). The molecule has 0 unspecified atom stereocenters. The SMILES string of the molecule is CC(C)(C)OC(=O)c1ccc(NC(=O)CCN2C(=O)C(=Cc3cc(-c4ccc(F)c(C(F)(F)F)c4)cs3)SC2=S)cc1O. The number of aromatic hydroxyl groups is 1. The van der Waals surface area contributed by atoms with E-state index in [9.17, 15) is 37.1 Å². The smallest absolute Gasteiger partial charge is 0.419 e. The van der Waals surface area contributed by atoms with Gasteiger partial charge in [0.15, 0.2) is 0 Å². The monoisotopic (exact) mass is 652 g/mol. The largest absolute Gasteiger partial charge is 0.507 e. The van der Waals surface area contributed by atoms with Gasteiger partial charge in [0.05, 0.1) is 10.5 Å². The highest BCUT2D eigenvalue weighted by Crippen LogP contribution is 2.37. The van der Waals surface area contributed by atoms with E-state index in [1.165, 1.54) is 40.5 Å². The molecule has 1 saturated heterocycles. The molecular weight excluding hydrogens is 629 g/mol. The number of hydrogen-bond donors (Lipinski definition) is 2. The molecule has 0 saturated carbocycles. The molecule has 2 amide bonds. The van der Waals surface area contributed by atoms with E-state index in [4.69, 9.17) is 17.0 Å². The molecule has 0 bridgehead atoms. The minimum atomic E-state index is -4.84. The number of alkyl halides is 3. The van der Waals surface area contributed by atoms with Crippen LogP contribution in [0.1, 0.15) is 48.0 Å². The highest BCUT2D eigenvalue weighted by Gasteiger charge is 2.35. The van der Waals surface area contributed by atoms with Gasteiger partial charge in [-0.3, -0.25) is 14.5 Å². The third kappa shape index (κ3) is 8.00. The maximum Gasteiger partial charge on any atom is 0.419 e. The van der Waals surface area contributed by atoms with Crippen molar-refractivity contribution in [2.24, 2.45) is 0 Å². The van der Waals surface area contributed by atoms with Crippen molar-refractivity contribution in [3.63, 3.8) is 0 Å². The second-order valence-electron chi connectivity index (χ2n) is 10.3. The van der Waals surface area contributed by atoms with Crippen LogP contribution in [-0.4, -0.2) is 44.3 Å².